The summed E-state index contributed by atoms with van der Waals surface area (Å²) in [7, 11) is 0. The van der Waals surface area contributed by atoms with Crippen LogP contribution >= 0.6 is 0 Å². The van der Waals surface area contributed by atoms with Crippen LogP contribution in [0.3, 0.4) is 0 Å². The lowest BCUT2D eigenvalue weighted by atomic mass is 9.88. The zero-order valence-corrected chi connectivity index (χ0v) is 15.9. The number of hydrogen-bond donors (Lipinski definition) is 1. The van der Waals surface area contributed by atoms with Gasteiger partial charge in [0.05, 0.1) is 6.61 Å². The van der Waals surface area contributed by atoms with Crippen LogP contribution < -0.4 is 5.73 Å². The Labute approximate surface area is 150 Å². The van der Waals surface area contributed by atoms with Gasteiger partial charge >= 0.3 is 0 Å². The normalized spacial score (nSPS) is 23.8. The number of Topliss-reactive ketones (excluding diaryl/α,β-unsaturated/α-hetero) is 2. The van der Waals surface area contributed by atoms with Gasteiger partial charge in [0.25, 0.3) is 0 Å². The van der Waals surface area contributed by atoms with Crippen LogP contribution in [-0.4, -0.2) is 29.7 Å². The molecule has 1 rings (SSSR count). The lowest BCUT2D eigenvalue weighted by Gasteiger charge is -2.27. The molecule has 1 saturated heterocycles. The minimum absolute atomic E-state index is 0.0228. The molecule has 1 unspecified atom stereocenters. The Kier molecular flexibility index (Phi) is 8.23. The van der Waals surface area contributed by atoms with Crippen LogP contribution in [0.25, 0.3) is 0 Å². The van der Waals surface area contributed by atoms with Crippen LogP contribution in [0.2, 0.25) is 0 Å². The van der Waals surface area contributed by atoms with Crippen LogP contribution in [0.1, 0.15) is 66.2 Å². The molecule has 25 heavy (non-hydrogen) atoms. The maximum atomic E-state index is 12.4. The number of ketones is 2. The summed E-state index contributed by atoms with van der Waals surface area (Å²) in [5.41, 5.74) is 6.22. The number of carbonyl (C=O) groups excluding carboxylic acids is 3. The Bertz CT molecular complexity index is 572. The molecule has 0 aromatic rings. The molecule has 1 aliphatic heterocycles. The molecule has 1 fully saturated rings. The number of allylic oxidation sites excluding steroid dienone is 2. The van der Waals surface area contributed by atoms with Gasteiger partial charge in [0.2, 0.25) is 5.91 Å². The van der Waals surface area contributed by atoms with Gasteiger partial charge in [0.15, 0.2) is 5.78 Å². The zero-order valence-electron chi connectivity index (χ0n) is 15.9. The molecule has 1 heterocycles. The predicted octanol–water partition coefficient (Wildman–Crippen LogP) is 3.27. The number of hydrogen-bond acceptors (Lipinski definition) is 4. The summed E-state index contributed by atoms with van der Waals surface area (Å²) in [6, 6.07) is 0. The van der Waals surface area contributed by atoms with Crippen LogP contribution in [0, 0.1) is 5.92 Å². The molecule has 0 spiro atoms. The Morgan fingerprint density at radius 2 is 2.00 bits per heavy atom. The van der Waals surface area contributed by atoms with Crippen molar-refractivity contribution >= 4 is 17.5 Å². The van der Waals surface area contributed by atoms with Gasteiger partial charge in [-0.2, -0.15) is 0 Å². The Morgan fingerprint density at radius 3 is 2.60 bits per heavy atom. The Morgan fingerprint density at radius 1 is 1.32 bits per heavy atom. The number of amides is 1. The highest BCUT2D eigenvalue weighted by Crippen LogP contribution is 2.29. The number of ether oxygens (including phenoxy) is 1. The lowest BCUT2D eigenvalue weighted by molar-refractivity contribution is -0.140. The van der Waals surface area contributed by atoms with E-state index >= 15 is 0 Å². The quantitative estimate of drug-likeness (QED) is 0.538. The first kappa shape index (κ1) is 21.3. The van der Waals surface area contributed by atoms with E-state index in [1.165, 1.54) is 6.08 Å². The second-order valence-corrected chi connectivity index (χ2v) is 7.39. The topological polar surface area (TPSA) is 86.5 Å². The van der Waals surface area contributed by atoms with Crippen molar-refractivity contribution in [2.24, 2.45) is 11.7 Å². The monoisotopic (exact) mass is 349 g/mol. The van der Waals surface area contributed by atoms with E-state index in [0.29, 0.717) is 25.7 Å². The molecule has 5 nitrogen and oxygen atoms in total. The summed E-state index contributed by atoms with van der Waals surface area (Å²) in [5, 5.41) is 0. The fourth-order valence-corrected chi connectivity index (χ4v) is 2.88. The van der Waals surface area contributed by atoms with E-state index in [1.807, 2.05) is 26.8 Å². The van der Waals surface area contributed by atoms with Crippen LogP contribution in [-0.2, 0) is 19.1 Å². The molecule has 0 saturated carbocycles. The van der Waals surface area contributed by atoms with Crippen molar-refractivity contribution in [1.29, 1.82) is 0 Å². The lowest BCUT2D eigenvalue weighted by Crippen LogP contribution is -2.37. The van der Waals surface area contributed by atoms with Crippen molar-refractivity contribution in [2.75, 3.05) is 6.61 Å². The highest BCUT2D eigenvalue weighted by Gasteiger charge is 2.35. The van der Waals surface area contributed by atoms with Crippen LogP contribution in [0.4, 0.5) is 0 Å². The average molecular weight is 349 g/mol. The molecule has 0 aliphatic carbocycles. The van der Waals surface area contributed by atoms with Crippen molar-refractivity contribution in [2.45, 2.75) is 71.8 Å². The Balaban J connectivity index is 2.54. The van der Waals surface area contributed by atoms with Gasteiger partial charge in [-0.3, -0.25) is 14.4 Å². The van der Waals surface area contributed by atoms with E-state index in [4.69, 9.17) is 10.5 Å². The first-order valence-corrected chi connectivity index (χ1v) is 8.96. The van der Waals surface area contributed by atoms with E-state index < -0.39 is 11.5 Å². The standard InChI is InChI=1S/C20H31NO4/c1-14(2)7-9-17(22)15(3)6-5-11-20(4)18(23)10-8-16(13-25-20)12-19(21)24/h7,12,15H,5-6,8-11,13H2,1-4H3,(H2,21,24)/t15?,20-/m0/s1. The first-order chi connectivity index (χ1) is 11.6. The summed E-state index contributed by atoms with van der Waals surface area (Å²) in [6.07, 6.45) is 6.70. The van der Waals surface area contributed by atoms with Crippen LogP contribution in [0.15, 0.2) is 23.3 Å². The van der Waals surface area contributed by atoms with E-state index in [1.54, 1.807) is 6.92 Å². The molecule has 0 radical (unpaired) electrons. The second kappa shape index (κ2) is 9.66. The highest BCUT2D eigenvalue weighted by molar-refractivity contribution is 5.89. The number of primary amides is 1. The third-order valence-electron chi connectivity index (χ3n) is 4.74. The van der Waals surface area contributed by atoms with Gasteiger partial charge in [-0.25, -0.2) is 0 Å². The molecule has 2 N–H and O–H groups in total. The summed E-state index contributed by atoms with van der Waals surface area (Å²) in [5.74, 6) is -0.265. The van der Waals surface area contributed by atoms with Crippen molar-refractivity contribution in [3.8, 4) is 0 Å². The minimum atomic E-state index is -0.851. The van der Waals surface area contributed by atoms with Gasteiger partial charge in [-0.15, -0.1) is 0 Å². The largest absolute Gasteiger partial charge is 0.366 e. The third kappa shape index (κ3) is 7.34. The van der Waals surface area contributed by atoms with E-state index in [9.17, 15) is 14.4 Å². The number of carbonyl (C=O) groups is 3. The molecule has 5 heteroatoms. The molecule has 1 amide bonds. The van der Waals surface area contributed by atoms with Gasteiger partial charge in [0, 0.05) is 24.8 Å². The molecule has 1 aliphatic rings. The number of nitrogens with two attached hydrogens (primary N) is 1. The van der Waals surface area contributed by atoms with Crippen molar-refractivity contribution < 1.29 is 19.1 Å². The predicted molar refractivity (Wildman–Crippen MR) is 97.9 cm³/mol. The molecular weight excluding hydrogens is 318 g/mol. The maximum Gasteiger partial charge on any atom is 0.241 e. The van der Waals surface area contributed by atoms with E-state index in [0.717, 1.165) is 24.0 Å². The van der Waals surface area contributed by atoms with Gasteiger partial charge < -0.3 is 10.5 Å². The SMILES string of the molecule is CC(C)=CCC(=O)C(C)CCC[C@]1(C)OCC(=CC(N)=O)CCC1=O. The number of rotatable bonds is 8. The molecule has 0 aromatic carbocycles. The van der Waals surface area contributed by atoms with Crippen molar-refractivity contribution in [1.82, 2.24) is 0 Å². The van der Waals surface area contributed by atoms with Gasteiger partial charge in [-0.05, 0) is 52.0 Å². The minimum Gasteiger partial charge on any atom is -0.366 e. The van der Waals surface area contributed by atoms with E-state index in [-0.39, 0.29) is 24.1 Å². The van der Waals surface area contributed by atoms with Gasteiger partial charge in [-0.1, -0.05) is 18.6 Å². The maximum absolute atomic E-state index is 12.4. The van der Waals surface area contributed by atoms with Gasteiger partial charge in [0.1, 0.15) is 11.4 Å². The molecule has 0 bridgehead atoms. The van der Waals surface area contributed by atoms with E-state index in [2.05, 4.69) is 0 Å². The molecule has 2 atom stereocenters. The smallest absolute Gasteiger partial charge is 0.241 e. The fourth-order valence-electron chi connectivity index (χ4n) is 2.88. The molecular formula is C20H31NO4. The molecule has 140 valence electrons. The summed E-state index contributed by atoms with van der Waals surface area (Å²) in [4.78, 5) is 35.5. The fraction of sp³-hybridized carbons (Fsp3) is 0.650. The summed E-state index contributed by atoms with van der Waals surface area (Å²) in [6.45, 7) is 7.95. The highest BCUT2D eigenvalue weighted by atomic mass is 16.5. The van der Waals surface area contributed by atoms with Crippen molar-refractivity contribution in [3.63, 3.8) is 0 Å². The zero-order chi connectivity index (χ0) is 19.0. The molecule has 0 aromatic heterocycles. The third-order valence-corrected chi connectivity index (χ3v) is 4.74. The second-order valence-electron chi connectivity index (χ2n) is 7.39. The van der Waals surface area contributed by atoms with Crippen molar-refractivity contribution in [3.05, 3.63) is 23.3 Å². The first-order valence-electron chi connectivity index (χ1n) is 8.96. The Hall–Kier alpha value is -1.75. The average Bonchev–Trinajstić information content (AvgIpc) is 2.66. The summed E-state index contributed by atoms with van der Waals surface area (Å²) >= 11 is 0. The summed E-state index contributed by atoms with van der Waals surface area (Å²) < 4.78 is 5.82. The van der Waals surface area contributed by atoms with Crippen LogP contribution in [0.5, 0.6) is 0 Å².